The molecule has 2 amide bonds. The molecule has 0 saturated heterocycles. The summed E-state index contributed by atoms with van der Waals surface area (Å²) >= 11 is 0. The SMILES string of the molecule is C[C@@H](NC(=O)COCC(F)(F)F)c1ccc2c(c1)CCC(=O)N2. The third-order valence-corrected chi connectivity index (χ3v) is 3.40. The molecule has 5 nitrogen and oxygen atoms in total. The van der Waals surface area contributed by atoms with Gasteiger partial charge in [-0.3, -0.25) is 9.59 Å². The third kappa shape index (κ3) is 5.24. The fourth-order valence-electron chi connectivity index (χ4n) is 2.30. The molecule has 1 aliphatic rings. The first-order chi connectivity index (χ1) is 10.7. The molecular weight excluding hydrogens is 313 g/mol. The molecule has 1 aliphatic heterocycles. The Labute approximate surface area is 131 Å². The fraction of sp³-hybridized carbons (Fsp3) is 0.467. The quantitative estimate of drug-likeness (QED) is 0.871. The van der Waals surface area contributed by atoms with Gasteiger partial charge in [-0.2, -0.15) is 13.2 Å². The van der Waals surface area contributed by atoms with Crippen LogP contribution in [0.4, 0.5) is 18.9 Å². The van der Waals surface area contributed by atoms with Gasteiger partial charge in [0.2, 0.25) is 11.8 Å². The number of ether oxygens (including phenoxy) is 1. The van der Waals surface area contributed by atoms with Crippen LogP contribution >= 0.6 is 0 Å². The zero-order chi connectivity index (χ0) is 17.0. The lowest BCUT2D eigenvalue weighted by Gasteiger charge is -2.20. The van der Waals surface area contributed by atoms with Gasteiger partial charge in [0, 0.05) is 12.1 Å². The molecule has 0 aliphatic carbocycles. The first kappa shape index (κ1) is 17.3. The molecule has 126 valence electrons. The van der Waals surface area contributed by atoms with Gasteiger partial charge < -0.3 is 15.4 Å². The van der Waals surface area contributed by atoms with E-state index in [1.807, 2.05) is 6.07 Å². The van der Waals surface area contributed by atoms with E-state index < -0.39 is 25.3 Å². The van der Waals surface area contributed by atoms with Crippen LogP contribution in [0.5, 0.6) is 0 Å². The number of carbonyl (C=O) groups is 2. The zero-order valence-electron chi connectivity index (χ0n) is 12.5. The smallest absolute Gasteiger partial charge is 0.362 e. The highest BCUT2D eigenvalue weighted by molar-refractivity contribution is 5.93. The van der Waals surface area contributed by atoms with Crippen LogP contribution in [0.2, 0.25) is 0 Å². The second-order valence-electron chi connectivity index (χ2n) is 5.36. The molecule has 1 heterocycles. The van der Waals surface area contributed by atoms with Crippen molar-refractivity contribution in [1.29, 1.82) is 0 Å². The topological polar surface area (TPSA) is 67.4 Å². The van der Waals surface area contributed by atoms with Crippen LogP contribution < -0.4 is 10.6 Å². The third-order valence-electron chi connectivity index (χ3n) is 3.40. The van der Waals surface area contributed by atoms with Gasteiger partial charge in [-0.05, 0) is 30.5 Å². The van der Waals surface area contributed by atoms with Gasteiger partial charge in [0.15, 0.2) is 0 Å². The van der Waals surface area contributed by atoms with Crippen molar-refractivity contribution in [1.82, 2.24) is 5.32 Å². The van der Waals surface area contributed by atoms with E-state index >= 15 is 0 Å². The molecule has 1 aromatic carbocycles. The van der Waals surface area contributed by atoms with Crippen molar-refractivity contribution in [3.63, 3.8) is 0 Å². The predicted octanol–water partition coefficient (Wildman–Crippen LogP) is 2.33. The fourth-order valence-corrected chi connectivity index (χ4v) is 2.30. The molecule has 1 aromatic rings. The average Bonchev–Trinajstić information content (AvgIpc) is 2.45. The summed E-state index contributed by atoms with van der Waals surface area (Å²) in [4.78, 5) is 22.9. The predicted molar refractivity (Wildman–Crippen MR) is 76.8 cm³/mol. The Morgan fingerprint density at radius 3 is 2.83 bits per heavy atom. The molecule has 0 fully saturated rings. The number of benzene rings is 1. The molecule has 1 atom stereocenters. The second-order valence-corrected chi connectivity index (χ2v) is 5.36. The summed E-state index contributed by atoms with van der Waals surface area (Å²) in [7, 11) is 0. The van der Waals surface area contributed by atoms with Crippen molar-refractivity contribution in [2.45, 2.75) is 32.0 Å². The minimum absolute atomic E-state index is 0.0339. The van der Waals surface area contributed by atoms with Crippen LogP contribution in [0, 0.1) is 0 Å². The van der Waals surface area contributed by atoms with Crippen molar-refractivity contribution in [3.05, 3.63) is 29.3 Å². The van der Waals surface area contributed by atoms with Crippen LogP contribution in [0.3, 0.4) is 0 Å². The summed E-state index contributed by atoms with van der Waals surface area (Å²) in [5.74, 6) is -0.652. The van der Waals surface area contributed by atoms with Gasteiger partial charge >= 0.3 is 6.18 Å². The van der Waals surface area contributed by atoms with Crippen LogP contribution in [-0.4, -0.2) is 31.2 Å². The zero-order valence-corrected chi connectivity index (χ0v) is 12.5. The maximum Gasteiger partial charge on any atom is 0.411 e. The number of nitrogens with one attached hydrogen (secondary N) is 2. The Bertz CT molecular complexity index is 602. The number of fused-ring (bicyclic) bond motifs is 1. The van der Waals surface area contributed by atoms with Crippen LogP contribution in [0.1, 0.15) is 30.5 Å². The van der Waals surface area contributed by atoms with E-state index in [4.69, 9.17) is 0 Å². The van der Waals surface area contributed by atoms with Gasteiger partial charge in [-0.15, -0.1) is 0 Å². The van der Waals surface area contributed by atoms with Crippen molar-refractivity contribution < 1.29 is 27.5 Å². The lowest BCUT2D eigenvalue weighted by Crippen LogP contribution is -2.32. The van der Waals surface area contributed by atoms with Crippen molar-refractivity contribution >= 4 is 17.5 Å². The monoisotopic (exact) mass is 330 g/mol. The summed E-state index contributed by atoms with van der Waals surface area (Å²) in [6.45, 7) is -0.372. The Kier molecular flexibility index (Phi) is 5.25. The molecular formula is C15H17F3N2O3. The Hall–Kier alpha value is -2.09. The number of rotatable bonds is 5. The Morgan fingerprint density at radius 2 is 2.13 bits per heavy atom. The van der Waals surface area contributed by atoms with E-state index in [0.29, 0.717) is 12.8 Å². The summed E-state index contributed by atoms with van der Waals surface area (Å²) in [5.41, 5.74) is 2.53. The first-order valence-electron chi connectivity index (χ1n) is 7.11. The van der Waals surface area contributed by atoms with E-state index in [9.17, 15) is 22.8 Å². The van der Waals surface area contributed by atoms with E-state index in [1.165, 1.54) is 0 Å². The summed E-state index contributed by atoms with van der Waals surface area (Å²) < 4.78 is 40.1. The maximum absolute atomic E-state index is 11.9. The summed E-state index contributed by atoms with van der Waals surface area (Å²) in [6, 6.07) is 5.01. The molecule has 0 bridgehead atoms. The molecule has 0 radical (unpaired) electrons. The van der Waals surface area contributed by atoms with Crippen molar-refractivity contribution in [2.75, 3.05) is 18.5 Å². The molecule has 0 spiro atoms. The number of halogens is 3. The lowest BCUT2D eigenvalue weighted by molar-refractivity contribution is -0.175. The van der Waals surface area contributed by atoms with Gasteiger partial charge in [-0.25, -0.2) is 0 Å². The summed E-state index contributed by atoms with van der Waals surface area (Å²) in [6.07, 6.45) is -3.43. The normalized spacial score (nSPS) is 15.6. The summed E-state index contributed by atoms with van der Waals surface area (Å²) in [5, 5.41) is 5.34. The lowest BCUT2D eigenvalue weighted by atomic mass is 9.98. The number of hydrogen-bond donors (Lipinski definition) is 2. The van der Waals surface area contributed by atoms with Crippen LogP contribution in [0.15, 0.2) is 18.2 Å². The molecule has 8 heteroatoms. The second kappa shape index (κ2) is 6.99. The molecule has 2 rings (SSSR count). The Balaban J connectivity index is 1.89. The minimum atomic E-state index is -4.45. The standard InChI is InChI=1S/C15H17F3N2O3/c1-9(19-14(22)7-23-8-15(16,17)18)10-2-4-12-11(6-10)3-5-13(21)20-12/h2,4,6,9H,3,5,7-8H2,1H3,(H,19,22)(H,20,21)/t9-/m1/s1. The van der Waals surface area contributed by atoms with E-state index in [2.05, 4.69) is 15.4 Å². The first-order valence-corrected chi connectivity index (χ1v) is 7.11. The van der Waals surface area contributed by atoms with Gasteiger partial charge in [-0.1, -0.05) is 12.1 Å². The number of amides is 2. The highest BCUT2D eigenvalue weighted by atomic mass is 19.4. The highest BCUT2D eigenvalue weighted by Crippen LogP contribution is 2.26. The van der Waals surface area contributed by atoms with Gasteiger partial charge in [0.1, 0.15) is 13.2 Å². The number of aryl methyl sites for hydroxylation is 1. The number of hydrogen-bond acceptors (Lipinski definition) is 3. The highest BCUT2D eigenvalue weighted by Gasteiger charge is 2.28. The van der Waals surface area contributed by atoms with Crippen LogP contribution in [0.25, 0.3) is 0 Å². The van der Waals surface area contributed by atoms with Crippen molar-refractivity contribution in [2.24, 2.45) is 0 Å². The van der Waals surface area contributed by atoms with E-state index in [-0.39, 0.29) is 11.9 Å². The minimum Gasteiger partial charge on any atom is -0.362 e. The largest absolute Gasteiger partial charge is 0.411 e. The maximum atomic E-state index is 11.9. The van der Waals surface area contributed by atoms with Gasteiger partial charge in [0.25, 0.3) is 0 Å². The molecule has 0 saturated carbocycles. The van der Waals surface area contributed by atoms with E-state index in [1.54, 1.807) is 19.1 Å². The van der Waals surface area contributed by atoms with Crippen molar-refractivity contribution in [3.8, 4) is 0 Å². The van der Waals surface area contributed by atoms with Crippen LogP contribution in [-0.2, 0) is 20.7 Å². The molecule has 0 unspecified atom stereocenters. The van der Waals surface area contributed by atoms with E-state index in [0.717, 1.165) is 16.8 Å². The number of carbonyl (C=O) groups excluding carboxylic acids is 2. The molecule has 2 N–H and O–H groups in total. The number of anilines is 1. The molecule has 23 heavy (non-hydrogen) atoms. The molecule has 0 aromatic heterocycles. The number of alkyl halides is 3. The Morgan fingerprint density at radius 1 is 1.39 bits per heavy atom. The average molecular weight is 330 g/mol. The van der Waals surface area contributed by atoms with Gasteiger partial charge in [0.05, 0.1) is 6.04 Å².